The molecule has 0 heterocycles. The van der Waals surface area contributed by atoms with Gasteiger partial charge in [-0.05, 0) is 6.42 Å². The largest absolute Gasteiger partial charge is 0.459 e. The molecule has 0 saturated carbocycles. The molecule has 0 radical (unpaired) electrons. The van der Waals surface area contributed by atoms with Crippen molar-refractivity contribution in [3.63, 3.8) is 0 Å². The predicted molar refractivity (Wildman–Crippen MR) is 42.5 cm³/mol. The fourth-order valence-electron chi connectivity index (χ4n) is 0.493. The number of hydrogen-bond donors (Lipinski definition) is 1. The Morgan fingerprint density at radius 2 is 2.07 bits per heavy atom. The van der Waals surface area contributed by atoms with Gasteiger partial charge in [-0.25, -0.2) is 4.79 Å². The number of hydrogen-bond acceptors (Lipinski definition) is 3. The van der Waals surface area contributed by atoms with Crippen molar-refractivity contribution >= 4 is 5.97 Å². The van der Waals surface area contributed by atoms with Crippen LogP contribution in [0, 0.1) is 0 Å². The number of rotatable bonds is 4. The molecule has 6 heteroatoms. The summed E-state index contributed by atoms with van der Waals surface area (Å²) in [5.74, 6) is -1.55. The van der Waals surface area contributed by atoms with Crippen LogP contribution >= 0.6 is 0 Å². The molecule has 82 valence electrons. The Morgan fingerprint density at radius 1 is 1.57 bits per heavy atom. The highest BCUT2D eigenvalue weighted by Crippen LogP contribution is 2.24. The highest BCUT2D eigenvalue weighted by atomic mass is 19.4. The van der Waals surface area contributed by atoms with Crippen LogP contribution < -0.4 is 0 Å². The minimum absolute atomic E-state index is 0.297. The van der Waals surface area contributed by atoms with Crippen molar-refractivity contribution in [1.82, 2.24) is 0 Å². The number of aliphatic hydroxyl groups excluding tert-OH is 1. The van der Waals surface area contributed by atoms with Gasteiger partial charge in [0.25, 0.3) is 0 Å². The van der Waals surface area contributed by atoms with Gasteiger partial charge in [0, 0.05) is 0 Å². The molecular formula is C8H11F3O3. The molecule has 0 saturated heterocycles. The standard InChI is InChI=1S/C8H11F3O3/c1-3-6(12)4-14-7(13)5(2)8(9,10)11/h6,12H,2-4H2,1H3. The van der Waals surface area contributed by atoms with E-state index in [1.165, 1.54) is 0 Å². The van der Waals surface area contributed by atoms with Crippen LogP contribution in [0.1, 0.15) is 13.3 Å². The van der Waals surface area contributed by atoms with E-state index in [-0.39, 0.29) is 0 Å². The van der Waals surface area contributed by atoms with Crippen LogP contribution in [0.4, 0.5) is 13.2 Å². The van der Waals surface area contributed by atoms with E-state index in [1.54, 1.807) is 6.92 Å². The molecule has 1 atom stereocenters. The zero-order valence-electron chi connectivity index (χ0n) is 7.60. The monoisotopic (exact) mass is 212 g/mol. The molecule has 3 nitrogen and oxygen atoms in total. The summed E-state index contributed by atoms with van der Waals surface area (Å²) >= 11 is 0. The maximum absolute atomic E-state index is 11.8. The van der Waals surface area contributed by atoms with Gasteiger partial charge >= 0.3 is 12.1 Å². The molecule has 14 heavy (non-hydrogen) atoms. The first-order valence-electron chi connectivity index (χ1n) is 3.90. The van der Waals surface area contributed by atoms with E-state index in [4.69, 9.17) is 5.11 Å². The summed E-state index contributed by atoms with van der Waals surface area (Å²) in [6, 6.07) is 0. The van der Waals surface area contributed by atoms with Crippen molar-refractivity contribution in [2.45, 2.75) is 25.6 Å². The molecular weight excluding hydrogens is 201 g/mol. The lowest BCUT2D eigenvalue weighted by atomic mass is 10.3. The third-order valence-electron chi connectivity index (χ3n) is 1.47. The Morgan fingerprint density at radius 3 is 2.43 bits per heavy atom. The summed E-state index contributed by atoms with van der Waals surface area (Å²) in [6.07, 6.45) is -5.43. The van der Waals surface area contributed by atoms with E-state index in [0.717, 1.165) is 0 Å². The Bertz CT molecular complexity index is 222. The van der Waals surface area contributed by atoms with Crippen LogP contribution in [0.3, 0.4) is 0 Å². The molecule has 0 aromatic carbocycles. The molecule has 1 N–H and O–H groups in total. The molecule has 0 spiro atoms. The van der Waals surface area contributed by atoms with E-state index in [1.807, 2.05) is 0 Å². The number of carbonyl (C=O) groups is 1. The third-order valence-corrected chi connectivity index (χ3v) is 1.47. The van der Waals surface area contributed by atoms with Crippen LogP contribution in [0.15, 0.2) is 12.2 Å². The average molecular weight is 212 g/mol. The van der Waals surface area contributed by atoms with Crippen LogP contribution in [0.2, 0.25) is 0 Å². The number of esters is 1. The molecule has 0 aliphatic rings. The zero-order valence-corrected chi connectivity index (χ0v) is 7.60. The second-order valence-corrected chi connectivity index (χ2v) is 2.64. The summed E-state index contributed by atoms with van der Waals surface area (Å²) in [5, 5.41) is 8.90. The summed E-state index contributed by atoms with van der Waals surface area (Å²) in [4.78, 5) is 10.7. The molecule has 0 aromatic rings. The minimum Gasteiger partial charge on any atom is -0.459 e. The lowest BCUT2D eigenvalue weighted by molar-refractivity contribution is -0.153. The second-order valence-electron chi connectivity index (χ2n) is 2.64. The quantitative estimate of drug-likeness (QED) is 0.566. The van der Waals surface area contributed by atoms with Gasteiger partial charge in [-0.3, -0.25) is 0 Å². The summed E-state index contributed by atoms with van der Waals surface area (Å²) in [7, 11) is 0. The van der Waals surface area contributed by atoms with Crippen molar-refractivity contribution in [2.24, 2.45) is 0 Å². The highest BCUT2D eigenvalue weighted by Gasteiger charge is 2.38. The second kappa shape index (κ2) is 4.99. The number of alkyl halides is 3. The van der Waals surface area contributed by atoms with E-state index in [0.29, 0.717) is 6.42 Å². The lowest BCUT2D eigenvalue weighted by Gasteiger charge is -2.11. The maximum atomic E-state index is 11.8. The topological polar surface area (TPSA) is 46.5 Å². The van der Waals surface area contributed by atoms with Crippen LogP contribution in [-0.4, -0.2) is 30.0 Å². The predicted octanol–water partition coefficient (Wildman–Crippen LogP) is 1.42. The first-order chi connectivity index (χ1) is 6.29. The Balaban J connectivity index is 4.04. The number of aliphatic hydroxyl groups is 1. The van der Waals surface area contributed by atoms with Gasteiger partial charge in [-0.2, -0.15) is 13.2 Å². The first kappa shape index (κ1) is 13.0. The van der Waals surface area contributed by atoms with E-state index in [9.17, 15) is 18.0 Å². The molecule has 1 unspecified atom stereocenters. The number of halogens is 3. The van der Waals surface area contributed by atoms with Crippen LogP contribution in [-0.2, 0) is 9.53 Å². The van der Waals surface area contributed by atoms with Crippen molar-refractivity contribution < 1.29 is 27.8 Å². The van der Waals surface area contributed by atoms with Gasteiger partial charge in [0.1, 0.15) is 12.2 Å². The highest BCUT2D eigenvalue weighted by molar-refractivity contribution is 5.89. The maximum Gasteiger partial charge on any atom is 0.422 e. The van der Waals surface area contributed by atoms with Crippen molar-refractivity contribution in [2.75, 3.05) is 6.61 Å². The van der Waals surface area contributed by atoms with E-state index < -0.39 is 30.4 Å². The van der Waals surface area contributed by atoms with Crippen molar-refractivity contribution in [3.05, 3.63) is 12.2 Å². The van der Waals surface area contributed by atoms with Gasteiger partial charge in [0.15, 0.2) is 0 Å². The van der Waals surface area contributed by atoms with Crippen molar-refractivity contribution in [1.29, 1.82) is 0 Å². The molecule has 0 aliphatic carbocycles. The first-order valence-corrected chi connectivity index (χ1v) is 3.90. The SMILES string of the molecule is C=C(C(=O)OCC(O)CC)C(F)(F)F. The number of carbonyl (C=O) groups excluding carboxylic acids is 1. The molecule has 0 aromatic heterocycles. The van der Waals surface area contributed by atoms with Gasteiger partial charge in [0.2, 0.25) is 0 Å². The fourth-order valence-corrected chi connectivity index (χ4v) is 0.493. The molecule has 0 fully saturated rings. The molecule has 0 aliphatic heterocycles. The third kappa shape index (κ3) is 4.27. The van der Waals surface area contributed by atoms with Gasteiger partial charge in [-0.15, -0.1) is 0 Å². The number of ether oxygens (including phenoxy) is 1. The Labute approximate surface area is 79.2 Å². The minimum atomic E-state index is -4.78. The average Bonchev–Trinajstić information content (AvgIpc) is 2.10. The van der Waals surface area contributed by atoms with E-state index >= 15 is 0 Å². The normalized spacial score (nSPS) is 13.5. The molecule has 0 rings (SSSR count). The molecule has 0 bridgehead atoms. The van der Waals surface area contributed by atoms with Gasteiger partial charge < -0.3 is 9.84 Å². The van der Waals surface area contributed by atoms with Crippen molar-refractivity contribution in [3.8, 4) is 0 Å². The van der Waals surface area contributed by atoms with Crippen LogP contribution in [0.25, 0.3) is 0 Å². The Hall–Kier alpha value is -1.04. The van der Waals surface area contributed by atoms with Crippen LogP contribution in [0.5, 0.6) is 0 Å². The summed E-state index contributed by atoms with van der Waals surface area (Å²) in [6.45, 7) is 3.70. The van der Waals surface area contributed by atoms with E-state index in [2.05, 4.69) is 11.3 Å². The summed E-state index contributed by atoms with van der Waals surface area (Å²) in [5.41, 5.74) is -1.57. The fraction of sp³-hybridized carbons (Fsp3) is 0.625. The summed E-state index contributed by atoms with van der Waals surface area (Å²) < 4.78 is 39.7. The molecule has 0 amide bonds. The van der Waals surface area contributed by atoms with Gasteiger partial charge in [-0.1, -0.05) is 13.5 Å². The smallest absolute Gasteiger partial charge is 0.422 e. The zero-order chi connectivity index (χ0) is 11.4. The van der Waals surface area contributed by atoms with Gasteiger partial charge in [0.05, 0.1) is 6.10 Å². The lowest BCUT2D eigenvalue weighted by Crippen LogP contribution is -2.24. The Kier molecular flexibility index (Phi) is 4.62.